The molecule has 0 aliphatic heterocycles. The Morgan fingerprint density at radius 3 is 2.58 bits per heavy atom. The van der Waals surface area contributed by atoms with Crippen LogP contribution in [0.3, 0.4) is 0 Å². The Balaban J connectivity index is 2.39. The highest BCUT2D eigenvalue weighted by molar-refractivity contribution is 7.12. The van der Waals surface area contributed by atoms with E-state index in [0.29, 0.717) is 6.54 Å². The minimum atomic E-state index is -0.400. The van der Waals surface area contributed by atoms with Crippen molar-refractivity contribution in [2.45, 2.75) is 19.8 Å². The van der Waals surface area contributed by atoms with Gasteiger partial charge < -0.3 is 5.73 Å². The molecular formula is C13H15N3O2S. The summed E-state index contributed by atoms with van der Waals surface area (Å²) in [5.74, 6) is 0. The van der Waals surface area contributed by atoms with Gasteiger partial charge in [0.05, 0.1) is 15.6 Å². The van der Waals surface area contributed by atoms with E-state index in [1.54, 1.807) is 23.5 Å². The second-order valence-electron chi connectivity index (χ2n) is 4.08. The van der Waals surface area contributed by atoms with Crippen molar-refractivity contribution < 1.29 is 4.92 Å². The number of aryl methyl sites for hydroxylation is 1. The summed E-state index contributed by atoms with van der Waals surface area (Å²) in [6.45, 7) is 2.63. The number of aromatic nitrogens is 1. The summed E-state index contributed by atoms with van der Waals surface area (Å²) >= 11 is 1.66. The van der Waals surface area contributed by atoms with Crippen LogP contribution in [0.1, 0.15) is 16.8 Å². The highest BCUT2D eigenvalue weighted by Crippen LogP contribution is 2.30. The number of thiazole rings is 1. The number of non-ortho nitro benzene ring substituents is 1. The van der Waals surface area contributed by atoms with Gasteiger partial charge in [0, 0.05) is 22.6 Å². The molecule has 0 spiro atoms. The Morgan fingerprint density at radius 2 is 2.05 bits per heavy atom. The van der Waals surface area contributed by atoms with E-state index in [1.807, 2.05) is 0 Å². The number of nitrogens with two attached hydrogens (primary N) is 1. The molecule has 19 heavy (non-hydrogen) atoms. The van der Waals surface area contributed by atoms with Crippen molar-refractivity contribution in [3.8, 4) is 11.3 Å². The van der Waals surface area contributed by atoms with Gasteiger partial charge in [-0.05, 0) is 31.5 Å². The van der Waals surface area contributed by atoms with E-state index >= 15 is 0 Å². The molecule has 1 aromatic heterocycles. The molecule has 0 radical (unpaired) electrons. The zero-order valence-electron chi connectivity index (χ0n) is 10.6. The van der Waals surface area contributed by atoms with Gasteiger partial charge in [-0.2, -0.15) is 0 Å². The maximum absolute atomic E-state index is 10.6. The fourth-order valence-electron chi connectivity index (χ4n) is 1.82. The molecule has 2 aromatic rings. The van der Waals surface area contributed by atoms with Crippen LogP contribution in [-0.2, 0) is 12.8 Å². The third kappa shape index (κ3) is 2.97. The van der Waals surface area contributed by atoms with E-state index in [4.69, 9.17) is 5.73 Å². The molecular weight excluding hydrogens is 262 g/mol. The molecule has 1 aromatic carbocycles. The normalized spacial score (nSPS) is 10.6. The van der Waals surface area contributed by atoms with Crippen molar-refractivity contribution in [3.63, 3.8) is 0 Å². The summed E-state index contributed by atoms with van der Waals surface area (Å²) in [4.78, 5) is 16.0. The fraction of sp³-hybridized carbons (Fsp3) is 0.308. The number of nitrogens with zero attached hydrogens (tertiary/aromatic N) is 2. The van der Waals surface area contributed by atoms with Gasteiger partial charge in [0.25, 0.3) is 5.69 Å². The van der Waals surface area contributed by atoms with Crippen LogP contribution in [0.5, 0.6) is 0 Å². The van der Waals surface area contributed by atoms with Gasteiger partial charge in [-0.15, -0.1) is 11.3 Å². The Morgan fingerprint density at radius 1 is 1.37 bits per heavy atom. The number of nitro groups is 1. The highest BCUT2D eigenvalue weighted by atomic mass is 32.1. The van der Waals surface area contributed by atoms with E-state index < -0.39 is 4.92 Å². The smallest absolute Gasteiger partial charge is 0.269 e. The van der Waals surface area contributed by atoms with Crippen LogP contribution in [-0.4, -0.2) is 16.5 Å². The zero-order valence-corrected chi connectivity index (χ0v) is 11.4. The van der Waals surface area contributed by atoms with Crippen LogP contribution in [0.25, 0.3) is 11.3 Å². The van der Waals surface area contributed by atoms with Crippen LogP contribution in [0, 0.1) is 10.1 Å². The average Bonchev–Trinajstić information content (AvgIpc) is 2.82. The first kappa shape index (κ1) is 13.6. The van der Waals surface area contributed by atoms with Gasteiger partial charge in [-0.25, -0.2) is 4.98 Å². The fourth-order valence-corrected chi connectivity index (χ4v) is 2.86. The number of rotatable bonds is 5. The summed E-state index contributed by atoms with van der Waals surface area (Å²) in [6, 6.07) is 6.50. The van der Waals surface area contributed by atoms with Crippen LogP contribution >= 0.6 is 11.3 Å². The molecule has 0 amide bonds. The molecule has 0 saturated heterocycles. The molecule has 0 fully saturated rings. The largest absolute Gasteiger partial charge is 0.330 e. The Labute approximate surface area is 115 Å². The molecule has 100 valence electrons. The van der Waals surface area contributed by atoms with Crippen molar-refractivity contribution >= 4 is 17.0 Å². The van der Waals surface area contributed by atoms with Crippen LogP contribution < -0.4 is 5.73 Å². The molecule has 2 rings (SSSR count). The molecule has 0 saturated carbocycles. The monoisotopic (exact) mass is 277 g/mol. The molecule has 0 bridgehead atoms. The SMILES string of the molecule is CCc1nc(-c2ccc([N+](=O)[O-])cc2)c(CCN)s1. The lowest BCUT2D eigenvalue weighted by molar-refractivity contribution is -0.384. The summed E-state index contributed by atoms with van der Waals surface area (Å²) in [6.07, 6.45) is 1.67. The number of benzene rings is 1. The molecule has 6 heteroatoms. The van der Waals surface area contributed by atoms with Crippen LogP contribution in [0.2, 0.25) is 0 Å². The molecule has 0 aliphatic rings. The topological polar surface area (TPSA) is 82.0 Å². The summed E-state index contributed by atoms with van der Waals surface area (Å²) < 4.78 is 0. The maximum Gasteiger partial charge on any atom is 0.269 e. The number of hydrogen-bond acceptors (Lipinski definition) is 5. The van der Waals surface area contributed by atoms with E-state index in [1.165, 1.54) is 12.1 Å². The number of hydrogen-bond donors (Lipinski definition) is 1. The van der Waals surface area contributed by atoms with Crippen molar-refractivity contribution in [1.29, 1.82) is 0 Å². The van der Waals surface area contributed by atoms with Gasteiger partial charge in [-0.1, -0.05) is 6.92 Å². The quantitative estimate of drug-likeness (QED) is 0.673. The summed E-state index contributed by atoms with van der Waals surface area (Å²) in [5.41, 5.74) is 7.52. The van der Waals surface area contributed by atoms with Crippen molar-refractivity contribution in [2.24, 2.45) is 5.73 Å². The first-order valence-corrected chi connectivity index (χ1v) is 6.90. The van der Waals surface area contributed by atoms with Crippen LogP contribution in [0.4, 0.5) is 5.69 Å². The molecule has 2 N–H and O–H groups in total. The van der Waals surface area contributed by atoms with Gasteiger partial charge in [-0.3, -0.25) is 10.1 Å². The first-order chi connectivity index (χ1) is 9.15. The van der Waals surface area contributed by atoms with Gasteiger partial charge in [0.1, 0.15) is 0 Å². The molecule has 0 unspecified atom stereocenters. The standard InChI is InChI=1S/C13H15N3O2S/c1-2-12-15-13(11(19-12)7-8-14)9-3-5-10(6-4-9)16(17)18/h3-6H,2,7-8,14H2,1H3. The van der Waals surface area contributed by atoms with Crippen molar-refractivity contribution in [2.75, 3.05) is 6.54 Å². The molecule has 0 atom stereocenters. The number of nitro benzene ring substituents is 1. The van der Waals surface area contributed by atoms with E-state index in [2.05, 4.69) is 11.9 Å². The zero-order chi connectivity index (χ0) is 13.8. The lowest BCUT2D eigenvalue weighted by Crippen LogP contribution is -2.02. The minimum Gasteiger partial charge on any atom is -0.330 e. The van der Waals surface area contributed by atoms with E-state index in [-0.39, 0.29) is 5.69 Å². The first-order valence-electron chi connectivity index (χ1n) is 6.09. The maximum atomic E-state index is 10.6. The average molecular weight is 277 g/mol. The Hall–Kier alpha value is -1.79. The lowest BCUT2D eigenvalue weighted by atomic mass is 10.1. The summed E-state index contributed by atoms with van der Waals surface area (Å²) in [7, 11) is 0. The third-order valence-electron chi connectivity index (χ3n) is 2.77. The molecule has 0 aliphatic carbocycles. The van der Waals surface area contributed by atoms with E-state index in [0.717, 1.165) is 34.0 Å². The summed E-state index contributed by atoms with van der Waals surface area (Å²) in [5, 5.41) is 11.7. The van der Waals surface area contributed by atoms with Gasteiger partial charge in [0.15, 0.2) is 0 Å². The van der Waals surface area contributed by atoms with E-state index in [9.17, 15) is 10.1 Å². The minimum absolute atomic E-state index is 0.0927. The molecule has 1 heterocycles. The highest BCUT2D eigenvalue weighted by Gasteiger charge is 2.13. The third-order valence-corrected chi connectivity index (χ3v) is 4.03. The predicted molar refractivity (Wildman–Crippen MR) is 76.3 cm³/mol. The Bertz CT molecular complexity index is 578. The van der Waals surface area contributed by atoms with Crippen molar-refractivity contribution in [1.82, 2.24) is 4.98 Å². The van der Waals surface area contributed by atoms with Crippen LogP contribution in [0.15, 0.2) is 24.3 Å². The second kappa shape index (κ2) is 5.90. The molecule has 5 nitrogen and oxygen atoms in total. The van der Waals surface area contributed by atoms with Gasteiger partial charge >= 0.3 is 0 Å². The second-order valence-corrected chi connectivity index (χ2v) is 5.24. The van der Waals surface area contributed by atoms with Gasteiger partial charge in [0.2, 0.25) is 0 Å². The predicted octanol–water partition coefficient (Wildman–Crippen LogP) is 2.78. The lowest BCUT2D eigenvalue weighted by Gasteiger charge is -2.01. The Kier molecular flexibility index (Phi) is 4.24. The van der Waals surface area contributed by atoms with Crippen molar-refractivity contribution in [3.05, 3.63) is 44.3 Å².